The minimum Gasteiger partial charge on any atom is -0.385 e. The fourth-order valence-corrected chi connectivity index (χ4v) is 2.83. The molecule has 0 unspecified atom stereocenters. The molecule has 9 heteroatoms. The van der Waals surface area contributed by atoms with Gasteiger partial charge in [-0.2, -0.15) is 9.57 Å². The molecule has 22 heavy (non-hydrogen) atoms. The molecule has 1 rings (SSSR count). The average molecular weight is 330 g/mol. The number of nitriles is 1. The third kappa shape index (κ3) is 6.01. The molecule has 0 radical (unpaired) electrons. The maximum absolute atomic E-state index is 11.9. The number of nitrogens with one attached hydrogen (secondary N) is 1. The van der Waals surface area contributed by atoms with Crippen molar-refractivity contribution in [2.75, 3.05) is 52.7 Å². The summed E-state index contributed by atoms with van der Waals surface area (Å²) in [5.41, 5.74) is 0.0187. The smallest absolute Gasteiger partial charge is 0.263 e. The molecule has 0 aromatic heterocycles. The van der Waals surface area contributed by atoms with Gasteiger partial charge in [0.05, 0.1) is 6.26 Å². The summed E-state index contributed by atoms with van der Waals surface area (Å²) in [6.45, 7) is 2.59. The van der Waals surface area contributed by atoms with E-state index in [0.717, 1.165) is 0 Å². The number of carbonyl (C=O) groups excluding carboxylic acids is 1. The molecule has 1 heterocycles. The van der Waals surface area contributed by atoms with E-state index in [1.165, 1.54) is 16.8 Å². The van der Waals surface area contributed by atoms with E-state index in [1.807, 2.05) is 6.07 Å². The Kier molecular flexibility index (Phi) is 7.31. The number of carbonyl (C=O) groups is 1. The lowest BCUT2D eigenvalue weighted by molar-refractivity contribution is -0.117. The molecule has 0 bridgehead atoms. The van der Waals surface area contributed by atoms with Gasteiger partial charge < -0.3 is 15.0 Å². The predicted molar refractivity (Wildman–Crippen MR) is 81.2 cm³/mol. The molecule has 0 saturated carbocycles. The van der Waals surface area contributed by atoms with Crippen molar-refractivity contribution in [3.05, 3.63) is 11.8 Å². The summed E-state index contributed by atoms with van der Waals surface area (Å²) < 4.78 is 29.1. The number of sulfonamides is 1. The van der Waals surface area contributed by atoms with Crippen LogP contribution in [-0.4, -0.2) is 76.2 Å². The van der Waals surface area contributed by atoms with Crippen LogP contribution in [-0.2, 0) is 19.6 Å². The van der Waals surface area contributed by atoms with E-state index in [1.54, 1.807) is 12.0 Å². The highest BCUT2D eigenvalue weighted by Gasteiger charge is 2.22. The molecule has 1 aliphatic heterocycles. The van der Waals surface area contributed by atoms with Gasteiger partial charge >= 0.3 is 0 Å². The monoisotopic (exact) mass is 330 g/mol. The quantitative estimate of drug-likeness (QED) is 0.369. The van der Waals surface area contributed by atoms with Crippen molar-refractivity contribution >= 4 is 15.9 Å². The van der Waals surface area contributed by atoms with E-state index in [-0.39, 0.29) is 5.57 Å². The lowest BCUT2D eigenvalue weighted by atomic mass is 10.2. The van der Waals surface area contributed by atoms with Crippen molar-refractivity contribution < 1.29 is 17.9 Å². The van der Waals surface area contributed by atoms with Crippen LogP contribution in [0, 0.1) is 11.3 Å². The number of methoxy groups -OCH3 is 1. The number of rotatable bonds is 7. The lowest BCUT2D eigenvalue weighted by Gasteiger charge is -2.32. The Morgan fingerprint density at radius 1 is 1.36 bits per heavy atom. The zero-order chi connectivity index (χ0) is 16.6. The van der Waals surface area contributed by atoms with Crippen molar-refractivity contribution in [1.29, 1.82) is 5.26 Å². The van der Waals surface area contributed by atoms with E-state index in [0.29, 0.717) is 45.8 Å². The van der Waals surface area contributed by atoms with Crippen LogP contribution in [0.1, 0.15) is 6.42 Å². The van der Waals surface area contributed by atoms with E-state index >= 15 is 0 Å². The van der Waals surface area contributed by atoms with Crippen molar-refractivity contribution in [1.82, 2.24) is 14.5 Å². The Balaban J connectivity index is 2.52. The van der Waals surface area contributed by atoms with Crippen LogP contribution < -0.4 is 5.32 Å². The van der Waals surface area contributed by atoms with Gasteiger partial charge in [0.1, 0.15) is 11.6 Å². The van der Waals surface area contributed by atoms with Crippen LogP contribution in [0.25, 0.3) is 0 Å². The van der Waals surface area contributed by atoms with Gasteiger partial charge in [-0.25, -0.2) is 8.42 Å². The zero-order valence-electron chi connectivity index (χ0n) is 12.9. The highest BCUT2D eigenvalue weighted by Crippen LogP contribution is 2.08. The maximum Gasteiger partial charge on any atom is 0.263 e. The van der Waals surface area contributed by atoms with E-state index in [9.17, 15) is 13.2 Å². The molecule has 0 aromatic carbocycles. The highest BCUT2D eigenvalue weighted by molar-refractivity contribution is 7.88. The first-order valence-electron chi connectivity index (χ1n) is 6.96. The van der Waals surface area contributed by atoms with Gasteiger partial charge in [-0.1, -0.05) is 0 Å². The number of piperazine rings is 1. The number of ether oxygens (including phenoxy) is 1. The van der Waals surface area contributed by atoms with Crippen LogP contribution in [0.2, 0.25) is 0 Å². The number of hydrogen-bond acceptors (Lipinski definition) is 6. The van der Waals surface area contributed by atoms with Crippen molar-refractivity contribution in [3.63, 3.8) is 0 Å². The minimum atomic E-state index is -3.19. The van der Waals surface area contributed by atoms with Gasteiger partial charge in [-0.05, 0) is 6.42 Å². The highest BCUT2D eigenvalue weighted by atomic mass is 32.2. The van der Waals surface area contributed by atoms with Crippen molar-refractivity contribution in [2.24, 2.45) is 0 Å². The van der Waals surface area contributed by atoms with Crippen molar-refractivity contribution in [2.45, 2.75) is 6.42 Å². The van der Waals surface area contributed by atoms with Crippen LogP contribution in [0.3, 0.4) is 0 Å². The summed E-state index contributed by atoms with van der Waals surface area (Å²) in [4.78, 5) is 13.6. The van der Waals surface area contributed by atoms with Gasteiger partial charge in [0.2, 0.25) is 10.0 Å². The fraction of sp³-hybridized carbons (Fsp3) is 0.692. The maximum atomic E-state index is 11.9. The minimum absolute atomic E-state index is 0.0187. The second-order valence-electron chi connectivity index (χ2n) is 4.95. The summed E-state index contributed by atoms with van der Waals surface area (Å²) in [5, 5.41) is 11.7. The van der Waals surface area contributed by atoms with Gasteiger partial charge in [0.15, 0.2) is 0 Å². The molecule has 8 nitrogen and oxygen atoms in total. The summed E-state index contributed by atoms with van der Waals surface area (Å²) in [6, 6.07) is 1.88. The molecule has 0 aliphatic carbocycles. The predicted octanol–water partition coefficient (Wildman–Crippen LogP) is -0.876. The molecule has 1 amide bonds. The number of amides is 1. The molecule has 1 aliphatic rings. The molecule has 1 N–H and O–H groups in total. The SMILES string of the molecule is COCCCNC(=O)/C(C#N)=C\N1CCN(S(C)(=O)=O)CC1. The van der Waals surface area contributed by atoms with Gasteiger partial charge in [0, 0.05) is 52.6 Å². The normalized spacial score (nSPS) is 17.1. The Bertz CT molecular complexity index is 545. The summed E-state index contributed by atoms with van der Waals surface area (Å²) in [5.74, 6) is -0.427. The van der Waals surface area contributed by atoms with E-state index in [2.05, 4.69) is 5.32 Å². The zero-order valence-corrected chi connectivity index (χ0v) is 13.7. The van der Waals surface area contributed by atoms with Crippen LogP contribution in [0.4, 0.5) is 0 Å². The van der Waals surface area contributed by atoms with Gasteiger partial charge in [-0.3, -0.25) is 4.79 Å². The standard InChI is InChI=1S/C13H22N4O4S/c1-21-9-3-4-15-13(18)12(10-14)11-16-5-7-17(8-6-16)22(2,19)20/h11H,3-9H2,1-2H3,(H,15,18)/b12-11-. The first-order valence-corrected chi connectivity index (χ1v) is 8.81. The Morgan fingerprint density at radius 2 is 2.00 bits per heavy atom. The third-order valence-electron chi connectivity index (χ3n) is 3.23. The first kappa shape index (κ1) is 18.4. The average Bonchev–Trinajstić information content (AvgIpc) is 2.48. The van der Waals surface area contributed by atoms with Crippen LogP contribution >= 0.6 is 0 Å². The summed E-state index contributed by atoms with van der Waals surface area (Å²) in [6.07, 6.45) is 3.34. The lowest BCUT2D eigenvalue weighted by Crippen LogP contribution is -2.46. The Hall–Kier alpha value is -1.63. The second kappa shape index (κ2) is 8.73. The molecule has 1 fully saturated rings. The van der Waals surface area contributed by atoms with Crippen LogP contribution in [0.5, 0.6) is 0 Å². The molecular weight excluding hydrogens is 308 g/mol. The molecule has 0 atom stereocenters. The summed E-state index contributed by atoms with van der Waals surface area (Å²) in [7, 11) is -1.61. The largest absolute Gasteiger partial charge is 0.385 e. The Labute approximate surface area is 131 Å². The second-order valence-corrected chi connectivity index (χ2v) is 6.94. The molecule has 124 valence electrons. The van der Waals surface area contributed by atoms with Gasteiger partial charge in [-0.15, -0.1) is 0 Å². The number of nitrogens with zero attached hydrogens (tertiary/aromatic N) is 3. The fourth-order valence-electron chi connectivity index (χ4n) is 2.00. The Morgan fingerprint density at radius 3 is 2.50 bits per heavy atom. The van der Waals surface area contributed by atoms with E-state index < -0.39 is 15.9 Å². The first-order chi connectivity index (χ1) is 10.4. The summed E-state index contributed by atoms with van der Waals surface area (Å²) >= 11 is 0. The number of hydrogen-bond donors (Lipinski definition) is 1. The van der Waals surface area contributed by atoms with Crippen LogP contribution in [0.15, 0.2) is 11.8 Å². The topological polar surface area (TPSA) is 103 Å². The third-order valence-corrected chi connectivity index (χ3v) is 4.53. The van der Waals surface area contributed by atoms with E-state index in [4.69, 9.17) is 10.00 Å². The molecule has 1 saturated heterocycles. The molecule has 0 aromatic rings. The van der Waals surface area contributed by atoms with Gasteiger partial charge in [0.25, 0.3) is 5.91 Å². The molecular formula is C13H22N4O4S. The van der Waals surface area contributed by atoms with Crippen molar-refractivity contribution in [3.8, 4) is 6.07 Å². The molecule has 0 spiro atoms.